The van der Waals surface area contributed by atoms with Crippen LogP contribution in [0.2, 0.25) is 0 Å². The molecule has 2 heterocycles. The number of hydrogen-bond donors (Lipinski definition) is 0. The Morgan fingerprint density at radius 1 is 1.04 bits per heavy atom. The van der Waals surface area contributed by atoms with Crippen molar-refractivity contribution in [1.82, 2.24) is 10.1 Å². The van der Waals surface area contributed by atoms with Gasteiger partial charge in [0.05, 0.1) is 11.1 Å². The van der Waals surface area contributed by atoms with Gasteiger partial charge in [0, 0.05) is 16.5 Å². The zero-order chi connectivity index (χ0) is 19.1. The maximum atomic E-state index is 12.6. The van der Waals surface area contributed by atoms with E-state index in [-0.39, 0.29) is 18.2 Å². The standard InChI is InChI=1S/C21H12N2O4S/c24-19-16-4-2-1-3-14(16)15-6-5-12(9-17(15)19)21(25)26-10-18-22-20(27-23-18)13-7-8-28-11-13/h1-9,11H,10H2. The van der Waals surface area contributed by atoms with Gasteiger partial charge in [-0.05, 0) is 34.7 Å². The number of thiophene rings is 1. The molecule has 5 rings (SSSR count). The lowest BCUT2D eigenvalue weighted by atomic mass is 10.0. The number of aromatic nitrogens is 2. The molecule has 7 heteroatoms. The second kappa shape index (κ2) is 6.54. The summed E-state index contributed by atoms with van der Waals surface area (Å²) in [6.45, 7) is -0.113. The highest BCUT2D eigenvalue weighted by atomic mass is 32.1. The largest absolute Gasteiger partial charge is 0.454 e. The van der Waals surface area contributed by atoms with E-state index >= 15 is 0 Å². The van der Waals surface area contributed by atoms with Crippen LogP contribution in [0, 0.1) is 0 Å². The van der Waals surface area contributed by atoms with Crippen molar-refractivity contribution in [2.75, 3.05) is 0 Å². The maximum Gasteiger partial charge on any atom is 0.338 e. The zero-order valence-electron chi connectivity index (χ0n) is 14.4. The van der Waals surface area contributed by atoms with Crippen molar-refractivity contribution < 1.29 is 18.8 Å². The molecule has 0 aliphatic heterocycles. The summed E-state index contributed by atoms with van der Waals surface area (Å²) in [7, 11) is 0. The Hall–Kier alpha value is -3.58. The topological polar surface area (TPSA) is 82.3 Å². The summed E-state index contributed by atoms with van der Waals surface area (Å²) < 4.78 is 10.5. The van der Waals surface area contributed by atoms with Crippen molar-refractivity contribution >= 4 is 23.1 Å². The second-order valence-electron chi connectivity index (χ2n) is 6.24. The van der Waals surface area contributed by atoms with E-state index in [4.69, 9.17) is 9.26 Å². The van der Waals surface area contributed by atoms with Gasteiger partial charge in [-0.15, -0.1) is 0 Å². The average Bonchev–Trinajstić information content (AvgIpc) is 3.47. The summed E-state index contributed by atoms with van der Waals surface area (Å²) >= 11 is 1.52. The molecule has 0 saturated carbocycles. The number of carbonyl (C=O) groups is 2. The fraction of sp³-hybridized carbons (Fsp3) is 0.0476. The predicted octanol–water partition coefficient (Wildman–Crippen LogP) is 4.37. The average molecular weight is 388 g/mol. The summed E-state index contributed by atoms with van der Waals surface area (Å²) in [6, 6.07) is 14.3. The molecule has 0 atom stereocenters. The van der Waals surface area contributed by atoms with Crippen LogP contribution in [0.15, 0.2) is 63.8 Å². The molecule has 6 nitrogen and oxygen atoms in total. The third-order valence-electron chi connectivity index (χ3n) is 4.53. The molecule has 2 aromatic carbocycles. The zero-order valence-corrected chi connectivity index (χ0v) is 15.2. The minimum atomic E-state index is -0.548. The molecule has 0 unspecified atom stereocenters. The number of carbonyl (C=O) groups excluding carboxylic acids is 2. The number of rotatable bonds is 4. The van der Waals surface area contributed by atoms with Crippen LogP contribution in [-0.4, -0.2) is 21.9 Å². The lowest BCUT2D eigenvalue weighted by Gasteiger charge is -2.04. The van der Waals surface area contributed by atoms with E-state index < -0.39 is 5.97 Å². The van der Waals surface area contributed by atoms with Gasteiger partial charge in [-0.1, -0.05) is 35.5 Å². The fourth-order valence-electron chi connectivity index (χ4n) is 3.18. The molecule has 0 amide bonds. The molecular weight excluding hydrogens is 376 g/mol. The first-order valence-electron chi connectivity index (χ1n) is 8.51. The Kier molecular flexibility index (Phi) is 3.87. The summed E-state index contributed by atoms with van der Waals surface area (Å²) in [5, 5.41) is 7.62. The Labute approximate surface area is 163 Å². The molecule has 0 N–H and O–H groups in total. The number of nitrogens with zero attached hydrogens (tertiary/aromatic N) is 2. The molecule has 0 spiro atoms. The summed E-state index contributed by atoms with van der Waals surface area (Å²) in [5.41, 5.74) is 4.00. The van der Waals surface area contributed by atoms with Gasteiger partial charge in [0.2, 0.25) is 5.82 Å². The maximum absolute atomic E-state index is 12.6. The number of fused-ring (bicyclic) bond motifs is 3. The van der Waals surface area contributed by atoms with Crippen LogP contribution >= 0.6 is 11.3 Å². The molecule has 28 heavy (non-hydrogen) atoms. The van der Waals surface area contributed by atoms with Crippen LogP contribution in [0.3, 0.4) is 0 Å². The molecule has 1 aliphatic rings. The Morgan fingerprint density at radius 2 is 1.86 bits per heavy atom. The number of esters is 1. The Morgan fingerprint density at radius 3 is 2.68 bits per heavy atom. The van der Waals surface area contributed by atoms with Gasteiger partial charge in [-0.3, -0.25) is 4.79 Å². The van der Waals surface area contributed by atoms with Gasteiger partial charge in [-0.25, -0.2) is 4.79 Å². The first-order chi connectivity index (χ1) is 13.7. The van der Waals surface area contributed by atoms with E-state index in [2.05, 4.69) is 10.1 Å². The second-order valence-corrected chi connectivity index (χ2v) is 7.02. The van der Waals surface area contributed by atoms with Crippen LogP contribution in [0.5, 0.6) is 0 Å². The van der Waals surface area contributed by atoms with Crippen molar-refractivity contribution in [2.45, 2.75) is 6.61 Å². The van der Waals surface area contributed by atoms with E-state index in [1.807, 2.05) is 35.0 Å². The van der Waals surface area contributed by atoms with Gasteiger partial charge in [-0.2, -0.15) is 16.3 Å². The van der Waals surface area contributed by atoms with E-state index in [0.717, 1.165) is 16.7 Å². The highest BCUT2D eigenvalue weighted by molar-refractivity contribution is 7.08. The fourth-order valence-corrected chi connectivity index (χ4v) is 3.81. The molecule has 136 valence electrons. The molecule has 1 aliphatic carbocycles. The molecule has 0 saturated heterocycles. The van der Waals surface area contributed by atoms with E-state index in [1.165, 1.54) is 11.3 Å². The molecule has 0 bridgehead atoms. The SMILES string of the molecule is O=C(OCc1noc(-c2ccsc2)n1)c1ccc2c(c1)C(=O)c1ccccc1-2. The third kappa shape index (κ3) is 2.73. The highest BCUT2D eigenvalue weighted by Crippen LogP contribution is 2.36. The van der Waals surface area contributed by atoms with Crippen LogP contribution in [0.25, 0.3) is 22.6 Å². The first-order valence-corrected chi connectivity index (χ1v) is 9.45. The van der Waals surface area contributed by atoms with Gasteiger partial charge in [0.15, 0.2) is 12.4 Å². The van der Waals surface area contributed by atoms with Crippen LogP contribution in [-0.2, 0) is 11.3 Å². The van der Waals surface area contributed by atoms with Crippen molar-refractivity contribution in [1.29, 1.82) is 0 Å². The molecule has 0 fully saturated rings. The van der Waals surface area contributed by atoms with Gasteiger partial charge in [0.25, 0.3) is 5.89 Å². The summed E-state index contributed by atoms with van der Waals surface area (Å²) in [5.74, 6) is 0.0274. The molecule has 4 aromatic rings. The lowest BCUT2D eigenvalue weighted by molar-refractivity contribution is 0.0459. The van der Waals surface area contributed by atoms with Crippen LogP contribution < -0.4 is 0 Å². The van der Waals surface area contributed by atoms with Crippen molar-refractivity contribution in [3.8, 4) is 22.6 Å². The van der Waals surface area contributed by atoms with Gasteiger partial charge < -0.3 is 9.26 Å². The van der Waals surface area contributed by atoms with Crippen molar-refractivity contribution in [3.05, 3.63) is 81.8 Å². The van der Waals surface area contributed by atoms with E-state index in [9.17, 15) is 9.59 Å². The van der Waals surface area contributed by atoms with E-state index in [0.29, 0.717) is 22.6 Å². The number of ketones is 1. The molecule has 2 aromatic heterocycles. The number of hydrogen-bond acceptors (Lipinski definition) is 7. The quantitative estimate of drug-likeness (QED) is 0.425. The molecule has 0 radical (unpaired) electrons. The number of ether oxygens (including phenoxy) is 1. The summed E-state index contributed by atoms with van der Waals surface area (Å²) in [6.07, 6.45) is 0. The Balaban J connectivity index is 1.33. The smallest absolute Gasteiger partial charge is 0.338 e. The summed E-state index contributed by atoms with van der Waals surface area (Å²) in [4.78, 5) is 29.2. The monoisotopic (exact) mass is 388 g/mol. The third-order valence-corrected chi connectivity index (χ3v) is 5.21. The number of benzene rings is 2. The molecular formula is C21H12N2O4S. The van der Waals surface area contributed by atoms with Crippen LogP contribution in [0.4, 0.5) is 0 Å². The first kappa shape index (κ1) is 16.6. The Bertz CT molecular complexity index is 1210. The lowest BCUT2D eigenvalue weighted by Crippen LogP contribution is -2.07. The van der Waals surface area contributed by atoms with Crippen molar-refractivity contribution in [2.24, 2.45) is 0 Å². The predicted molar refractivity (Wildman–Crippen MR) is 102 cm³/mol. The minimum absolute atomic E-state index is 0.0844. The highest BCUT2D eigenvalue weighted by Gasteiger charge is 2.27. The van der Waals surface area contributed by atoms with E-state index in [1.54, 1.807) is 24.3 Å². The minimum Gasteiger partial charge on any atom is -0.454 e. The van der Waals surface area contributed by atoms with Crippen LogP contribution in [0.1, 0.15) is 32.1 Å². The van der Waals surface area contributed by atoms with Gasteiger partial charge >= 0.3 is 5.97 Å². The normalized spacial score (nSPS) is 11.9. The van der Waals surface area contributed by atoms with Crippen molar-refractivity contribution in [3.63, 3.8) is 0 Å². The van der Waals surface area contributed by atoms with Gasteiger partial charge in [0.1, 0.15) is 0 Å².